The van der Waals surface area contributed by atoms with Crippen molar-refractivity contribution in [2.75, 3.05) is 0 Å². The molecule has 3 aliphatic rings. The van der Waals surface area contributed by atoms with Crippen molar-refractivity contribution in [1.82, 2.24) is 0 Å². The zero-order valence-electron chi connectivity index (χ0n) is 28.1. The van der Waals surface area contributed by atoms with Gasteiger partial charge in [0.2, 0.25) is 0 Å². The van der Waals surface area contributed by atoms with Crippen LogP contribution >= 0.6 is 0 Å². The molecule has 0 saturated carbocycles. The van der Waals surface area contributed by atoms with Crippen LogP contribution < -0.4 is 0 Å². The number of esters is 1. The highest BCUT2D eigenvalue weighted by molar-refractivity contribution is 5.90. The topological polar surface area (TPSA) is 105 Å². The number of aliphatic hydroxyl groups excluding tert-OH is 3. The minimum Gasteiger partial charge on any atom is -0.455 e. The molecule has 256 valence electrons. The molecule has 3 aliphatic heterocycles. The second-order valence-corrected chi connectivity index (χ2v) is 14.0. The fourth-order valence-electron chi connectivity index (χ4n) is 7.25. The van der Waals surface area contributed by atoms with Gasteiger partial charge in [-0.05, 0) is 77.2 Å². The number of unbranched alkanes of at least 4 members (excludes halogenated alkanes) is 13. The maximum Gasteiger partial charge on any atom is 0.334 e. The normalized spacial score (nSPS) is 27.4. The number of rotatable bonds is 25. The second kappa shape index (κ2) is 21.7. The lowest BCUT2D eigenvalue weighted by Gasteiger charge is -2.24. The highest BCUT2D eigenvalue weighted by Gasteiger charge is 2.40. The van der Waals surface area contributed by atoms with Crippen molar-refractivity contribution < 1.29 is 34.3 Å². The molecule has 2 saturated heterocycles. The molecule has 7 nitrogen and oxygen atoms in total. The lowest BCUT2D eigenvalue weighted by atomic mass is 9.99. The van der Waals surface area contributed by atoms with Crippen LogP contribution in [-0.2, 0) is 19.0 Å². The molecule has 0 bridgehead atoms. The van der Waals surface area contributed by atoms with Gasteiger partial charge < -0.3 is 29.5 Å². The number of carbonyl (C=O) groups is 1. The van der Waals surface area contributed by atoms with Crippen molar-refractivity contribution >= 4 is 5.97 Å². The van der Waals surface area contributed by atoms with Crippen molar-refractivity contribution in [3.05, 3.63) is 11.6 Å². The smallest absolute Gasteiger partial charge is 0.334 e. The van der Waals surface area contributed by atoms with Gasteiger partial charge in [0.15, 0.2) is 0 Å². The van der Waals surface area contributed by atoms with Crippen LogP contribution in [0.25, 0.3) is 0 Å². The van der Waals surface area contributed by atoms with Crippen LogP contribution in [-0.4, -0.2) is 70.1 Å². The third kappa shape index (κ3) is 14.2. The molecule has 0 aromatic heterocycles. The van der Waals surface area contributed by atoms with Gasteiger partial charge in [-0.1, -0.05) is 96.8 Å². The van der Waals surface area contributed by atoms with Crippen LogP contribution in [0.5, 0.6) is 0 Å². The molecule has 3 heterocycles. The van der Waals surface area contributed by atoms with Crippen LogP contribution in [0, 0.1) is 0 Å². The maximum absolute atomic E-state index is 11.6. The number of ether oxygens (including phenoxy) is 3. The summed E-state index contributed by atoms with van der Waals surface area (Å²) in [4.78, 5) is 11.6. The molecule has 0 aromatic carbocycles. The zero-order valence-corrected chi connectivity index (χ0v) is 28.1. The van der Waals surface area contributed by atoms with E-state index in [0.717, 1.165) is 82.6 Å². The Bertz CT molecular complexity index is 801. The molecule has 2 fully saturated rings. The number of cyclic esters (lactones) is 1. The highest BCUT2D eigenvalue weighted by atomic mass is 16.6. The minimum atomic E-state index is -0.551. The van der Waals surface area contributed by atoms with E-state index in [0.29, 0.717) is 12.8 Å². The van der Waals surface area contributed by atoms with E-state index in [2.05, 4.69) is 6.92 Å². The van der Waals surface area contributed by atoms with Crippen LogP contribution in [0.1, 0.15) is 168 Å². The van der Waals surface area contributed by atoms with Gasteiger partial charge in [-0.25, -0.2) is 4.79 Å². The van der Waals surface area contributed by atoms with Gasteiger partial charge in [-0.2, -0.15) is 0 Å². The van der Waals surface area contributed by atoms with Crippen molar-refractivity contribution in [3.63, 3.8) is 0 Å². The van der Waals surface area contributed by atoms with E-state index >= 15 is 0 Å². The van der Waals surface area contributed by atoms with Crippen LogP contribution in [0.2, 0.25) is 0 Å². The quantitative estimate of drug-likeness (QED) is 0.0703. The van der Waals surface area contributed by atoms with Gasteiger partial charge in [0.05, 0.1) is 42.7 Å². The van der Waals surface area contributed by atoms with Crippen LogP contribution in [0.3, 0.4) is 0 Å². The SMILES string of the molecule is CCCCCCCCCCC(O)C1CCC(C2CCC(C(O)CCC(O)CCCCCCCCCC3=CC(C)OC3=O)O2)O1. The third-order valence-electron chi connectivity index (χ3n) is 10.1. The van der Waals surface area contributed by atoms with E-state index in [4.69, 9.17) is 14.2 Å². The Morgan fingerprint density at radius 2 is 1.16 bits per heavy atom. The van der Waals surface area contributed by atoms with Crippen LogP contribution in [0.15, 0.2) is 11.6 Å². The summed E-state index contributed by atoms with van der Waals surface area (Å²) in [6.45, 7) is 4.15. The number of hydrogen-bond donors (Lipinski definition) is 3. The third-order valence-corrected chi connectivity index (χ3v) is 10.1. The first-order chi connectivity index (χ1) is 21.4. The van der Waals surface area contributed by atoms with Gasteiger partial charge >= 0.3 is 5.97 Å². The first-order valence-electron chi connectivity index (χ1n) is 18.6. The molecule has 44 heavy (non-hydrogen) atoms. The lowest BCUT2D eigenvalue weighted by molar-refractivity contribution is -0.139. The Labute approximate surface area is 268 Å². The van der Waals surface area contributed by atoms with Gasteiger partial charge in [0.25, 0.3) is 0 Å². The average molecular weight is 623 g/mol. The summed E-state index contributed by atoms with van der Waals surface area (Å²) < 4.78 is 17.7. The Hall–Kier alpha value is -0.990. The van der Waals surface area contributed by atoms with Crippen LogP contribution in [0.4, 0.5) is 0 Å². The first-order valence-corrected chi connectivity index (χ1v) is 18.6. The van der Waals surface area contributed by atoms with Crippen molar-refractivity contribution in [1.29, 1.82) is 0 Å². The van der Waals surface area contributed by atoms with Crippen molar-refractivity contribution in [3.8, 4) is 0 Å². The second-order valence-electron chi connectivity index (χ2n) is 14.0. The first kappa shape index (κ1) is 37.5. The molecule has 8 atom stereocenters. The average Bonchev–Trinajstić information content (AvgIpc) is 3.76. The maximum atomic E-state index is 11.6. The summed E-state index contributed by atoms with van der Waals surface area (Å²) in [7, 11) is 0. The Kier molecular flexibility index (Phi) is 18.5. The number of carbonyl (C=O) groups excluding carboxylic acids is 1. The summed E-state index contributed by atoms with van der Waals surface area (Å²) in [5.74, 6) is -0.142. The summed E-state index contributed by atoms with van der Waals surface area (Å²) in [6.07, 6.45) is 25.5. The standard InChI is InChI=1S/C37H66O7/c1-3-4-5-6-7-11-14-17-20-31(39)33-23-25-35(43-33)36-26-24-34(44-36)32(40)22-21-30(38)19-16-13-10-8-9-12-15-18-29-27-28(2)42-37(29)41/h27-28,30-36,38-40H,3-26H2,1-2H3. The van der Waals surface area contributed by atoms with Gasteiger partial charge in [0.1, 0.15) is 6.10 Å². The monoisotopic (exact) mass is 622 g/mol. The zero-order chi connectivity index (χ0) is 31.6. The summed E-state index contributed by atoms with van der Waals surface area (Å²) >= 11 is 0. The van der Waals surface area contributed by atoms with Gasteiger partial charge in [-0.15, -0.1) is 0 Å². The lowest BCUT2D eigenvalue weighted by Crippen LogP contribution is -2.33. The Morgan fingerprint density at radius 1 is 0.659 bits per heavy atom. The number of aliphatic hydroxyl groups is 3. The van der Waals surface area contributed by atoms with E-state index in [9.17, 15) is 20.1 Å². The molecule has 0 spiro atoms. The fraction of sp³-hybridized carbons (Fsp3) is 0.919. The summed E-state index contributed by atoms with van der Waals surface area (Å²) in [6, 6.07) is 0. The van der Waals surface area contributed by atoms with E-state index in [1.54, 1.807) is 0 Å². The van der Waals surface area contributed by atoms with E-state index in [1.807, 2.05) is 13.0 Å². The van der Waals surface area contributed by atoms with E-state index < -0.39 is 6.10 Å². The molecule has 0 amide bonds. The molecular weight excluding hydrogens is 556 g/mol. The highest BCUT2D eigenvalue weighted by Crippen LogP contribution is 2.34. The summed E-state index contributed by atoms with van der Waals surface area (Å²) in [5.41, 5.74) is 0.840. The van der Waals surface area contributed by atoms with Crippen molar-refractivity contribution in [2.24, 2.45) is 0 Å². The van der Waals surface area contributed by atoms with Gasteiger partial charge in [0, 0.05) is 5.57 Å². The summed E-state index contributed by atoms with van der Waals surface area (Å²) in [5, 5.41) is 31.9. The largest absolute Gasteiger partial charge is 0.455 e. The van der Waals surface area contributed by atoms with E-state index in [-0.39, 0.29) is 48.7 Å². The Balaban J connectivity index is 1.15. The molecular formula is C37H66O7. The number of hydrogen-bond acceptors (Lipinski definition) is 7. The molecule has 8 unspecified atom stereocenters. The molecule has 0 radical (unpaired) electrons. The fourth-order valence-corrected chi connectivity index (χ4v) is 7.25. The predicted molar refractivity (Wildman–Crippen MR) is 175 cm³/mol. The molecule has 3 N–H and O–H groups in total. The minimum absolute atomic E-state index is 0.0000945. The molecule has 0 aliphatic carbocycles. The Morgan fingerprint density at radius 3 is 1.70 bits per heavy atom. The van der Waals surface area contributed by atoms with Crippen molar-refractivity contribution in [2.45, 2.75) is 217 Å². The van der Waals surface area contributed by atoms with E-state index in [1.165, 1.54) is 64.2 Å². The molecule has 7 heteroatoms. The van der Waals surface area contributed by atoms with Gasteiger partial charge in [-0.3, -0.25) is 0 Å². The molecule has 3 rings (SSSR count). The molecule has 0 aromatic rings. The predicted octanol–water partition coefficient (Wildman–Crippen LogP) is 7.86.